The molecule has 4 heteroatoms. The van der Waals surface area contributed by atoms with Crippen molar-refractivity contribution in [2.75, 3.05) is 33.4 Å². The van der Waals surface area contributed by atoms with E-state index in [4.69, 9.17) is 9.84 Å². The van der Waals surface area contributed by atoms with Gasteiger partial charge in [0, 0.05) is 26.8 Å². The van der Waals surface area contributed by atoms with E-state index in [9.17, 15) is 4.79 Å². The Kier molecular flexibility index (Phi) is 11.1. The molecule has 0 aromatic carbocycles. The van der Waals surface area contributed by atoms with E-state index in [0.717, 1.165) is 32.5 Å². The molecule has 0 rings (SSSR count). The van der Waals surface area contributed by atoms with Gasteiger partial charge < -0.3 is 14.7 Å². The second-order valence-electron chi connectivity index (χ2n) is 4.95. The number of carbonyl (C=O) groups is 1. The van der Waals surface area contributed by atoms with Gasteiger partial charge in [-0.1, -0.05) is 33.1 Å². The van der Waals surface area contributed by atoms with Crippen LogP contribution in [-0.4, -0.2) is 49.3 Å². The highest BCUT2D eigenvalue weighted by Gasteiger charge is 2.15. The maximum Gasteiger partial charge on any atom is 0.307 e. The quantitative estimate of drug-likeness (QED) is 0.547. The van der Waals surface area contributed by atoms with Crippen molar-refractivity contribution in [2.45, 2.75) is 46.0 Å². The number of unbranched alkanes of at least 4 members (excludes halogenated alkanes) is 3. The van der Waals surface area contributed by atoms with Crippen molar-refractivity contribution < 1.29 is 14.6 Å². The van der Waals surface area contributed by atoms with Crippen LogP contribution in [0.3, 0.4) is 0 Å². The molecule has 0 bridgehead atoms. The molecule has 108 valence electrons. The normalized spacial score (nSPS) is 12.9. The molecule has 0 aliphatic heterocycles. The van der Waals surface area contributed by atoms with Crippen LogP contribution in [0.1, 0.15) is 46.0 Å². The Balaban J connectivity index is 3.94. The van der Waals surface area contributed by atoms with Gasteiger partial charge in [0.2, 0.25) is 0 Å². The fraction of sp³-hybridized carbons (Fsp3) is 0.929. The minimum Gasteiger partial charge on any atom is -0.481 e. The Bertz CT molecular complexity index is 209. The third-order valence-electron chi connectivity index (χ3n) is 3.10. The van der Waals surface area contributed by atoms with Gasteiger partial charge in [-0.05, 0) is 19.4 Å². The van der Waals surface area contributed by atoms with Gasteiger partial charge in [0.25, 0.3) is 0 Å². The van der Waals surface area contributed by atoms with Crippen LogP contribution >= 0.6 is 0 Å². The predicted octanol–water partition coefficient (Wildman–Crippen LogP) is 2.63. The summed E-state index contributed by atoms with van der Waals surface area (Å²) < 4.78 is 5.04. The fourth-order valence-electron chi connectivity index (χ4n) is 1.95. The molecule has 0 aliphatic carbocycles. The summed E-state index contributed by atoms with van der Waals surface area (Å²) in [7, 11) is 1.70. The van der Waals surface area contributed by atoms with Gasteiger partial charge in [-0.15, -0.1) is 0 Å². The van der Waals surface area contributed by atoms with E-state index in [1.165, 1.54) is 19.3 Å². The Morgan fingerprint density at radius 3 is 2.44 bits per heavy atom. The van der Waals surface area contributed by atoms with E-state index in [0.29, 0.717) is 6.54 Å². The first kappa shape index (κ1) is 17.4. The SMILES string of the molecule is CCCCCCN(CCCOC)CC(C)C(=O)O. The van der Waals surface area contributed by atoms with Crippen LogP contribution < -0.4 is 0 Å². The minimum atomic E-state index is -0.708. The molecule has 0 fully saturated rings. The largest absolute Gasteiger partial charge is 0.481 e. The molecule has 0 amide bonds. The number of hydrogen-bond acceptors (Lipinski definition) is 3. The van der Waals surface area contributed by atoms with Crippen LogP contribution in [0.5, 0.6) is 0 Å². The molecule has 0 radical (unpaired) electrons. The highest BCUT2D eigenvalue weighted by molar-refractivity contribution is 5.69. The topological polar surface area (TPSA) is 49.8 Å². The molecule has 0 saturated carbocycles. The van der Waals surface area contributed by atoms with Crippen LogP contribution in [0.2, 0.25) is 0 Å². The molecule has 1 N–H and O–H groups in total. The summed E-state index contributed by atoms with van der Waals surface area (Å²) >= 11 is 0. The molecule has 0 saturated heterocycles. The standard InChI is InChI=1S/C14H29NO3/c1-4-5-6-7-9-15(10-8-11-18-3)12-13(2)14(16)17/h13H,4-12H2,1-3H3,(H,16,17). The number of nitrogens with zero attached hydrogens (tertiary/aromatic N) is 1. The second-order valence-corrected chi connectivity index (χ2v) is 4.95. The number of carboxylic acids is 1. The van der Waals surface area contributed by atoms with Gasteiger partial charge in [0.15, 0.2) is 0 Å². The summed E-state index contributed by atoms with van der Waals surface area (Å²) in [6.45, 7) is 7.29. The first-order valence-corrected chi connectivity index (χ1v) is 7.05. The molecule has 4 nitrogen and oxygen atoms in total. The zero-order chi connectivity index (χ0) is 13.8. The Hall–Kier alpha value is -0.610. The van der Waals surface area contributed by atoms with Gasteiger partial charge in [0.05, 0.1) is 5.92 Å². The maximum absolute atomic E-state index is 10.9. The molecule has 0 spiro atoms. The van der Waals surface area contributed by atoms with Crippen molar-refractivity contribution in [2.24, 2.45) is 5.92 Å². The molecular formula is C14H29NO3. The molecule has 0 heterocycles. The molecule has 0 aromatic heterocycles. The number of methoxy groups -OCH3 is 1. The average Bonchev–Trinajstić information content (AvgIpc) is 2.34. The highest BCUT2D eigenvalue weighted by Crippen LogP contribution is 2.06. The van der Waals surface area contributed by atoms with Gasteiger partial charge in [-0.3, -0.25) is 4.79 Å². The van der Waals surface area contributed by atoms with Crippen molar-refractivity contribution in [1.82, 2.24) is 4.90 Å². The van der Waals surface area contributed by atoms with Crippen LogP contribution in [0.4, 0.5) is 0 Å². The van der Waals surface area contributed by atoms with Crippen molar-refractivity contribution in [1.29, 1.82) is 0 Å². The maximum atomic E-state index is 10.9. The lowest BCUT2D eigenvalue weighted by atomic mass is 10.1. The molecule has 18 heavy (non-hydrogen) atoms. The summed E-state index contributed by atoms with van der Waals surface area (Å²) in [5, 5.41) is 8.96. The van der Waals surface area contributed by atoms with E-state index >= 15 is 0 Å². The highest BCUT2D eigenvalue weighted by atomic mass is 16.5. The number of carboxylic acid groups (broad SMARTS) is 1. The predicted molar refractivity (Wildman–Crippen MR) is 73.9 cm³/mol. The molecule has 0 aromatic rings. The first-order chi connectivity index (χ1) is 8.61. The van der Waals surface area contributed by atoms with E-state index in [-0.39, 0.29) is 5.92 Å². The molecular weight excluding hydrogens is 230 g/mol. The molecule has 0 aliphatic rings. The van der Waals surface area contributed by atoms with Crippen LogP contribution in [-0.2, 0) is 9.53 Å². The van der Waals surface area contributed by atoms with Crippen LogP contribution in [0.15, 0.2) is 0 Å². The lowest BCUT2D eigenvalue weighted by molar-refractivity contribution is -0.141. The summed E-state index contributed by atoms with van der Waals surface area (Å²) in [5.74, 6) is -1.00. The molecule has 1 unspecified atom stereocenters. The van der Waals surface area contributed by atoms with Crippen molar-refractivity contribution in [3.63, 3.8) is 0 Å². The third kappa shape index (κ3) is 9.42. The van der Waals surface area contributed by atoms with Gasteiger partial charge in [0.1, 0.15) is 0 Å². The summed E-state index contributed by atoms with van der Waals surface area (Å²) in [4.78, 5) is 13.1. The Morgan fingerprint density at radius 2 is 1.89 bits per heavy atom. The van der Waals surface area contributed by atoms with Crippen LogP contribution in [0.25, 0.3) is 0 Å². The number of ether oxygens (including phenoxy) is 1. The van der Waals surface area contributed by atoms with Crippen molar-refractivity contribution in [3.8, 4) is 0 Å². The molecule has 1 atom stereocenters. The monoisotopic (exact) mass is 259 g/mol. The van der Waals surface area contributed by atoms with Crippen molar-refractivity contribution in [3.05, 3.63) is 0 Å². The summed E-state index contributed by atoms with van der Waals surface area (Å²) in [6.07, 6.45) is 5.86. The number of rotatable bonds is 12. The zero-order valence-corrected chi connectivity index (χ0v) is 12.2. The van der Waals surface area contributed by atoms with E-state index < -0.39 is 5.97 Å². The van der Waals surface area contributed by atoms with Gasteiger partial charge in [-0.2, -0.15) is 0 Å². The fourth-order valence-corrected chi connectivity index (χ4v) is 1.95. The number of aliphatic carboxylic acids is 1. The minimum absolute atomic E-state index is 0.293. The zero-order valence-electron chi connectivity index (χ0n) is 12.2. The average molecular weight is 259 g/mol. The number of hydrogen-bond donors (Lipinski definition) is 1. The lowest BCUT2D eigenvalue weighted by Gasteiger charge is -2.24. The van der Waals surface area contributed by atoms with Crippen molar-refractivity contribution >= 4 is 5.97 Å². The second kappa shape index (κ2) is 11.5. The van der Waals surface area contributed by atoms with E-state index in [1.54, 1.807) is 14.0 Å². The first-order valence-electron chi connectivity index (χ1n) is 7.05. The Morgan fingerprint density at radius 1 is 1.22 bits per heavy atom. The summed E-state index contributed by atoms with van der Waals surface area (Å²) in [5.41, 5.74) is 0. The van der Waals surface area contributed by atoms with E-state index in [2.05, 4.69) is 11.8 Å². The van der Waals surface area contributed by atoms with E-state index in [1.807, 2.05) is 0 Å². The summed E-state index contributed by atoms with van der Waals surface area (Å²) in [6, 6.07) is 0. The third-order valence-corrected chi connectivity index (χ3v) is 3.10. The lowest BCUT2D eigenvalue weighted by Crippen LogP contribution is -2.34. The van der Waals surface area contributed by atoms with Crippen LogP contribution in [0, 0.1) is 5.92 Å². The van der Waals surface area contributed by atoms with Gasteiger partial charge >= 0.3 is 5.97 Å². The Labute approximate surface area is 111 Å². The van der Waals surface area contributed by atoms with Gasteiger partial charge in [-0.25, -0.2) is 0 Å². The smallest absolute Gasteiger partial charge is 0.307 e.